The summed E-state index contributed by atoms with van der Waals surface area (Å²) in [5.41, 5.74) is 0. The minimum Gasteiger partial charge on any atom is -0.462 e. The number of hydrogen-bond donors (Lipinski definition) is 1. The summed E-state index contributed by atoms with van der Waals surface area (Å²) in [6.07, 6.45) is 90.2. The number of phosphoric acid groups is 1. The van der Waals surface area contributed by atoms with Gasteiger partial charge in [-0.15, -0.1) is 0 Å². The fourth-order valence-corrected chi connectivity index (χ4v) is 11.4. The Balaban J connectivity index is 3.98. The van der Waals surface area contributed by atoms with Crippen LogP contribution >= 0.6 is 7.82 Å². The molecule has 0 aromatic carbocycles. The number of nitrogens with zero attached hydrogens (tertiary/aromatic N) is 1. The van der Waals surface area contributed by atoms with Crippen LogP contribution in [0.3, 0.4) is 0 Å². The Kier molecular flexibility index (Phi) is 64.9. The molecule has 0 aliphatic carbocycles. The van der Waals surface area contributed by atoms with Crippen molar-refractivity contribution in [3.63, 3.8) is 0 Å². The monoisotopic (exact) mass is 1230 g/mol. The van der Waals surface area contributed by atoms with Crippen molar-refractivity contribution in [1.82, 2.24) is 0 Å². The number of esters is 2. The van der Waals surface area contributed by atoms with E-state index >= 15 is 0 Å². The second kappa shape index (κ2) is 66.9. The lowest BCUT2D eigenvalue weighted by molar-refractivity contribution is -0.870. The van der Waals surface area contributed by atoms with Crippen LogP contribution in [0.2, 0.25) is 0 Å². The highest BCUT2D eigenvalue weighted by molar-refractivity contribution is 7.47. The van der Waals surface area contributed by atoms with Crippen LogP contribution in [0, 0.1) is 0 Å². The van der Waals surface area contributed by atoms with Crippen LogP contribution in [0.4, 0.5) is 0 Å². The average Bonchev–Trinajstić information content (AvgIpc) is 3.56. The second-order valence-corrected chi connectivity index (χ2v) is 27.4. The van der Waals surface area contributed by atoms with Crippen molar-refractivity contribution in [2.75, 3.05) is 47.5 Å². The van der Waals surface area contributed by atoms with Gasteiger partial charge in [-0.25, -0.2) is 4.57 Å². The number of allylic oxidation sites excluding steroid dienone is 12. The SMILES string of the molecule is CC/C=C\C/C=C\C/C=C\C/C=C\CCCCCCCCCCCCCCCCCCCCC(=O)OC(COC(=O)CCCCCCCCCCCCCCCCCCCCC/C=C\C/C=C\CCCCCCC)COP(=O)(O)OCC[N+](C)(C)C. The molecule has 502 valence electrons. The molecule has 0 aliphatic heterocycles. The zero-order valence-electron chi connectivity index (χ0n) is 57.3. The molecule has 0 aromatic heterocycles. The molecule has 1 N–H and O–H groups in total. The Morgan fingerprint density at radius 2 is 0.663 bits per heavy atom. The number of quaternary nitrogens is 1. The fraction of sp³-hybridized carbons (Fsp3) is 0.816. The van der Waals surface area contributed by atoms with Crippen molar-refractivity contribution in [3.8, 4) is 0 Å². The first kappa shape index (κ1) is 83.5. The summed E-state index contributed by atoms with van der Waals surface area (Å²) >= 11 is 0. The van der Waals surface area contributed by atoms with Crippen molar-refractivity contribution < 1.29 is 42.1 Å². The number of phosphoric ester groups is 1. The van der Waals surface area contributed by atoms with Crippen LogP contribution in [0.1, 0.15) is 348 Å². The fourth-order valence-electron chi connectivity index (χ4n) is 10.6. The number of likely N-dealkylation sites (N-methyl/N-ethyl adjacent to an activating group) is 1. The van der Waals surface area contributed by atoms with Gasteiger partial charge < -0.3 is 18.9 Å². The van der Waals surface area contributed by atoms with Gasteiger partial charge in [0.2, 0.25) is 0 Å². The molecule has 0 bridgehead atoms. The molecule has 86 heavy (non-hydrogen) atoms. The van der Waals surface area contributed by atoms with Crippen molar-refractivity contribution in [3.05, 3.63) is 72.9 Å². The van der Waals surface area contributed by atoms with Crippen LogP contribution in [0.5, 0.6) is 0 Å². The molecule has 0 heterocycles. The maximum atomic E-state index is 12.9. The van der Waals surface area contributed by atoms with E-state index in [9.17, 15) is 19.0 Å². The van der Waals surface area contributed by atoms with Gasteiger partial charge in [0.1, 0.15) is 19.8 Å². The van der Waals surface area contributed by atoms with Gasteiger partial charge in [0.05, 0.1) is 27.7 Å². The summed E-state index contributed by atoms with van der Waals surface area (Å²) < 4.78 is 34.8. The number of unbranched alkanes of at least 4 members (excludes halogenated alkanes) is 42. The first-order chi connectivity index (χ1) is 42.0. The molecular formula is C76H141NO8P+. The highest BCUT2D eigenvalue weighted by Crippen LogP contribution is 2.43. The van der Waals surface area contributed by atoms with Crippen molar-refractivity contribution in [2.45, 2.75) is 354 Å². The molecule has 0 spiro atoms. The molecular weight excluding hydrogens is 1090 g/mol. The normalized spacial score (nSPS) is 13.5. The maximum absolute atomic E-state index is 12.9. The molecule has 2 unspecified atom stereocenters. The molecule has 0 aliphatic rings. The van der Waals surface area contributed by atoms with Gasteiger partial charge >= 0.3 is 19.8 Å². The van der Waals surface area contributed by atoms with E-state index in [4.69, 9.17) is 18.5 Å². The number of carbonyl (C=O) groups is 2. The average molecular weight is 1230 g/mol. The number of rotatable bonds is 68. The van der Waals surface area contributed by atoms with E-state index in [0.717, 1.165) is 64.2 Å². The first-order valence-corrected chi connectivity index (χ1v) is 38.2. The van der Waals surface area contributed by atoms with E-state index in [2.05, 4.69) is 86.8 Å². The van der Waals surface area contributed by atoms with Gasteiger partial charge in [-0.1, -0.05) is 324 Å². The zero-order chi connectivity index (χ0) is 62.6. The van der Waals surface area contributed by atoms with Gasteiger partial charge in [-0.05, 0) is 83.5 Å². The lowest BCUT2D eigenvalue weighted by atomic mass is 10.0. The zero-order valence-corrected chi connectivity index (χ0v) is 58.2. The summed E-state index contributed by atoms with van der Waals surface area (Å²) in [4.78, 5) is 35.9. The summed E-state index contributed by atoms with van der Waals surface area (Å²) in [6, 6.07) is 0. The molecule has 0 saturated carbocycles. The Morgan fingerprint density at radius 3 is 0.988 bits per heavy atom. The number of hydrogen-bond acceptors (Lipinski definition) is 7. The second-order valence-electron chi connectivity index (χ2n) is 25.9. The van der Waals surface area contributed by atoms with Crippen LogP contribution in [0.25, 0.3) is 0 Å². The predicted octanol–water partition coefficient (Wildman–Crippen LogP) is 23.9. The highest BCUT2D eigenvalue weighted by Gasteiger charge is 2.27. The molecule has 2 atom stereocenters. The van der Waals surface area contributed by atoms with Gasteiger partial charge in [-0.3, -0.25) is 18.6 Å². The van der Waals surface area contributed by atoms with Crippen LogP contribution in [-0.4, -0.2) is 74.9 Å². The minimum atomic E-state index is -4.39. The molecule has 0 rings (SSSR count). The minimum absolute atomic E-state index is 0.0324. The van der Waals surface area contributed by atoms with E-state index in [1.54, 1.807) is 0 Å². The quantitative estimate of drug-likeness (QED) is 0.0211. The Morgan fingerprint density at radius 1 is 0.372 bits per heavy atom. The third-order valence-corrected chi connectivity index (χ3v) is 17.2. The van der Waals surface area contributed by atoms with Crippen LogP contribution in [0.15, 0.2) is 72.9 Å². The van der Waals surface area contributed by atoms with Gasteiger partial charge in [-0.2, -0.15) is 0 Å². The topological polar surface area (TPSA) is 108 Å². The molecule has 0 aromatic rings. The first-order valence-electron chi connectivity index (χ1n) is 36.7. The number of ether oxygens (including phenoxy) is 2. The summed E-state index contributed by atoms with van der Waals surface area (Å²) in [5.74, 6) is -0.780. The molecule has 10 heteroatoms. The lowest BCUT2D eigenvalue weighted by Gasteiger charge is -2.24. The third kappa shape index (κ3) is 70.5. The summed E-state index contributed by atoms with van der Waals surface area (Å²) in [6.45, 7) is 4.37. The van der Waals surface area contributed by atoms with E-state index < -0.39 is 26.5 Å². The smallest absolute Gasteiger partial charge is 0.462 e. The highest BCUT2D eigenvalue weighted by atomic mass is 31.2. The third-order valence-electron chi connectivity index (χ3n) is 16.2. The predicted molar refractivity (Wildman–Crippen MR) is 372 cm³/mol. The Bertz CT molecular complexity index is 1680. The van der Waals surface area contributed by atoms with E-state index in [1.165, 1.54) is 250 Å². The van der Waals surface area contributed by atoms with Crippen molar-refractivity contribution in [1.29, 1.82) is 0 Å². The van der Waals surface area contributed by atoms with E-state index in [-0.39, 0.29) is 25.6 Å². The van der Waals surface area contributed by atoms with Crippen LogP contribution in [-0.2, 0) is 32.7 Å². The standard InChI is InChI=1S/C76H140NO8P/c1-6-8-10-12-14-16-18-20-22-24-26-28-30-32-34-36-38-40-42-44-46-48-50-52-54-56-58-60-62-64-66-68-75(78)82-72-74(73-84-86(80,81)83-71-70-77(3,4)5)85-76(79)69-67-65-63-61-59-57-55-53-51-49-47-45-43-41-39-37-35-33-31-29-27-25-23-21-19-17-15-13-11-9-7-2/h9,11,15,17-18,20-21,23-24,26-27,29,74H,6-8,10,12-14,16,19,22,25,28,30-73H2,1-5H3/p+1/b11-9-,17-15-,20-18-,23-21-,26-24-,29-27-. The molecule has 9 nitrogen and oxygen atoms in total. The largest absolute Gasteiger partial charge is 0.472 e. The van der Waals surface area contributed by atoms with Gasteiger partial charge in [0, 0.05) is 12.8 Å². The maximum Gasteiger partial charge on any atom is 0.472 e. The van der Waals surface area contributed by atoms with Crippen molar-refractivity contribution in [2.24, 2.45) is 0 Å². The molecule has 0 fully saturated rings. The molecule has 0 amide bonds. The molecule has 0 saturated heterocycles. The Hall–Kier alpha value is -2.55. The molecule has 0 radical (unpaired) electrons. The van der Waals surface area contributed by atoms with Gasteiger partial charge in [0.25, 0.3) is 0 Å². The summed E-state index contributed by atoms with van der Waals surface area (Å²) in [7, 11) is 1.49. The van der Waals surface area contributed by atoms with Gasteiger partial charge in [0.15, 0.2) is 6.10 Å². The summed E-state index contributed by atoms with van der Waals surface area (Å²) in [5, 5.41) is 0. The van der Waals surface area contributed by atoms with Crippen LogP contribution < -0.4 is 0 Å². The number of carbonyl (C=O) groups excluding carboxylic acids is 2. The van der Waals surface area contributed by atoms with Crippen molar-refractivity contribution >= 4 is 19.8 Å². The van der Waals surface area contributed by atoms with E-state index in [1.807, 2.05) is 21.1 Å². The van der Waals surface area contributed by atoms with E-state index in [0.29, 0.717) is 23.9 Å². The lowest BCUT2D eigenvalue weighted by Crippen LogP contribution is -2.37. The Labute approximate surface area is 533 Å².